The number of carbonyl (C=O) groups is 3. The van der Waals surface area contributed by atoms with E-state index in [9.17, 15) is 36.0 Å². The van der Waals surface area contributed by atoms with Crippen LogP contribution < -0.4 is 15.4 Å². The van der Waals surface area contributed by atoms with Gasteiger partial charge in [0.1, 0.15) is 17.6 Å². The Bertz CT molecular complexity index is 1320. The van der Waals surface area contributed by atoms with Crippen LogP contribution in [0.4, 0.5) is 13.2 Å². The molecule has 0 aromatic heterocycles. The predicted octanol–water partition coefficient (Wildman–Crippen LogP) is 4.17. The minimum Gasteiger partial charge on any atom is -0.435 e. The molecule has 2 aromatic rings. The molecule has 0 saturated carbocycles. The molecule has 2 N–H and O–H groups in total. The van der Waals surface area contributed by atoms with Crippen molar-refractivity contribution in [3.05, 3.63) is 58.4 Å². The van der Waals surface area contributed by atoms with E-state index in [-0.39, 0.29) is 44.1 Å². The number of carbonyl (C=O) groups excluding carboxylic acids is 3. The summed E-state index contributed by atoms with van der Waals surface area (Å²) in [6, 6.07) is 5.44. The highest BCUT2D eigenvalue weighted by molar-refractivity contribution is 7.99. The van der Waals surface area contributed by atoms with Crippen LogP contribution in [0.3, 0.4) is 0 Å². The molecule has 0 fully saturated rings. The number of thioether (sulfide) groups is 1. The second-order valence-electron chi connectivity index (χ2n) is 9.28. The van der Waals surface area contributed by atoms with E-state index in [1.54, 1.807) is 19.9 Å². The van der Waals surface area contributed by atoms with Crippen molar-refractivity contribution in [3.8, 4) is 5.75 Å². The minimum atomic E-state index is -3.70. The Morgan fingerprint density at radius 1 is 1.07 bits per heavy atom. The van der Waals surface area contributed by atoms with E-state index in [1.165, 1.54) is 19.1 Å². The van der Waals surface area contributed by atoms with Gasteiger partial charge in [-0.2, -0.15) is 8.78 Å². The van der Waals surface area contributed by atoms with Gasteiger partial charge in [0, 0.05) is 28.2 Å². The Hall–Kier alpha value is -2.77. The lowest BCUT2D eigenvalue weighted by Crippen LogP contribution is -2.53. The van der Waals surface area contributed by atoms with Gasteiger partial charge in [-0.05, 0) is 43.2 Å². The first-order valence-corrected chi connectivity index (χ1v) is 15.4. The first kappa shape index (κ1) is 33.4. The average molecular weight is 623 g/mol. The molecule has 0 unspecified atom stereocenters. The molecule has 0 spiro atoms. The zero-order valence-electron chi connectivity index (χ0n) is 22.2. The summed E-state index contributed by atoms with van der Waals surface area (Å²) in [5.74, 6) is -2.92. The van der Waals surface area contributed by atoms with E-state index >= 15 is 0 Å². The van der Waals surface area contributed by atoms with Crippen LogP contribution in [0.2, 0.25) is 5.02 Å². The van der Waals surface area contributed by atoms with Crippen LogP contribution in [0, 0.1) is 11.7 Å². The van der Waals surface area contributed by atoms with Gasteiger partial charge in [-0.3, -0.25) is 14.4 Å². The van der Waals surface area contributed by atoms with Crippen molar-refractivity contribution in [3.63, 3.8) is 0 Å². The van der Waals surface area contributed by atoms with Gasteiger partial charge in [-0.25, -0.2) is 12.8 Å². The third-order valence-electron chi connectivity index (χ3n) is 5.69. The van der Waals surface area contributed by atoms with Crippen LogP contribution in [0.15, 0.2) is 41.3 Å². The minimum absolute atomic E-state index is 0.0333. The molecule has 40 heavy (non-hydrogen) atoms. The van der Waals surface area contributed by atoms with E-state index in [4.69, 9.17) is 11.6 Å². The van der Waals surface area contributed by atoms with Gasteiger partial charge in [0.05, 0.1) is 23.1 Å². The summed E-state index contributed by atoms with van der Waals surface area (Å²) in [5.41, 5.74) is 0.157. The van der Waals surface area contributed by atoms with Crippen molar-refractivity contribution in [1.82, 2.24) is 10.6 Å². The molecule has 8 nitrogen and oxygen atoms in total. The normalized spacial score (nSPS) is 13.2. The SMILES string of the molecule is CC(C)[C@H](NC(=O)Cc1cc(S(C)(=O)=O)ccc1OC(F)F)C(=O)N[C@@H](C)C(=O)CSCc1c(F)cccc1Cl. The van der Waals surface area contributed by atoms with Crippen molar-refractivity contribution in [2.24, 2.45) is 5.92 Å². The molecule has 2 atom stereocenters. The molecule has 0 radical (unpaired) electrons. The summed E-state index contributed by atoms with van der Waals surface area (Å²) < 4.78 is 67.8. The summed E-state index contributed by atoms with van der Waals surface area (Å²) in [4.78, 5) is 38.1. The largest absolute Gasteiger partial charge is 0.435 e. The lowest BCUT2D eigenvalue weighted by molar-refractivity contribution is -0.131. The molecule has 2 rings (SSSR count). The molecule has 0 aliphatic rings. The number of Topliss-reactive ketones (excluding diaryl/α,β-unsaturated/α-hetero) is 1. The van der Waals surface area contributed by atoms with Crippen LogP contribution in [-0.4, -0.2) is 56.7 Å². The van der Waals surface area contributed by atoms with Crippen LogP contribution >= 0.6 is 23.4 Å². The maximum absolute atomic E-state index is 13.9. The molecule has 2 amide bonds. The first-order chi connectivity index (χ1) is 18.6. The van der Waals surface area contributed by atoms with Crippen molar-refractivity contribution in [2.45, 2.75) is 56.5 Å². The Kier molecular flexibility index (Phi) is 12.3. The lowest BCUT2D eigenvalue weighted by atomic mass is 10.0. The monoisotopic (exact) mass is 622 g/mol. The van der Waals surface area contributed by atoms with Crippen LogP contribution in [0.1, 0.15) is 31.9 Å². The molecule has 0 aliphatic carbocycles. The first-order valence-electron chi connectivity index (χ1n) is 12.0. The van der Waals surface area contributed by atoms with Crippen molar-refractivity contribution in [2.75, 3.05) is 12.0 Å². The fraction of sp³-hybridized carbons (Fsp3) is 0.423. The van der Waals surface area contributed by atoms with Gasteiger partial charge < -0.3 is 15.4 Å². The number of ether oxygens (including phenoxy) is 1. The van der Waals surface area contributed by atoms with Gasteiger partial charge in [0.2, 0.25) is 11.8 Å². The number of sulfone groups is 1. The predicted molar refractivity (Wildman–Crippen MR) is 147 cm³/mol. The maximum atomic E-state index is 13.9. The Labute approximate surface area is 240 Å². The molecule has 0 aliphatic heterocycles. The summed E-state index contributed by atoms with van der Waals surface area (Å²) in [6.07, 6.45) is 0.376. The summed E-state index contributed by atoms with van der Waals surface area (Å²) in [6.45, 7) is 1.57. The number of amides is 2. The lowest BCUT2D eigenvalue weighted by Gasteiger charge is -2.24. The molecule has 220 valence electrons. The standard InChI is InChI=1S/C26H30ClF3N2O6S2/c1-14(2)24(25(35)31-15(3)21(33)13-39-12-18-19(27)6-5-7-20(18)28)32-23(34)11-16-10-17(40(4,36)37)8-9-22(16)38-26(29)30/h5-10,14-15,24,26H,11-13H2,1-4H3,(H,31,35)(H,32,34)/t15-,24-/m0/s1. The highest BCUT2D eigenvalue weighted by Gasteiger charge is 2.28. The van der Waals surface area contributed by atoms with Crippen LogP contribution in [0.5, 0.6) is 5.75 Å². The van der Waals surface area contributed by atoms with Gasteiger partial charge in [-0.1, -0.05) is 31.5 Å². The zero-order chi connectivity index (χ0) is 30.2. The number of alkyl halides is 2. The number of hydrogen-bond donors (Lipinski definition) is 2. The van der Waals surface area contributed by atoms with Gasteiger partial charge in [0.15, 0.2) is 15.6 Å². The number of ketones is 1. The number of rotatable bonds is 14. The van der Waals surface area contributed by atoms with E-state index in [0.29, 0.717) is 0 Å². The van der Waals surface area contributed by atoms with Crippen molar-refractivity contribution < 1.29 is 40.7 Å². The Morgan fingerprint density at radius 3 is 2.33 bits per heavy atom. The highest BCUT2D eigenvalue weighted by atomic mass is 35.5. The van der Waals surface area contributed by atoms with E-state index in [1.807, 2.05) is 0 Å². The van der Waals surface area contributed by atoms with Gasteiger partial charge in [0.25, 0.3) is 0 Å². The summed E-state index contributed by atoms with van der Waals surface area (Å²) in [7, 11) is -3.70. The second kappa shape index (κ2) is 14.7. The topological polar surface area (TPSA) is 119 Å². The maximum Gasteiger partial charge on any atom is 0.387 e. The van der Waals surface area contributed by atoms with E-state index in [2.05, 4.69) is 15.4 Å². The molecular formula is C26H30ClF3N2O6S2. The fourth-order valence-corrected chi connectivity index (χ4v) is 5.53. The zero-order valence-corrected chi connectivity index (χ0v) is 24.6. The Morgan fingerprint density at radius 2 is 1.75 bits per heavy atom. The van der Waals surface area contributed by atoms with Crippen LogP contribution in [0.25, 0.3) is 0 Å². The van der Waals surface area contributed by atoms with Crippen molar-refractivity contribution >= 4 is 50.8 Å². The van der Waals surface area contributed by atoms with E-state index < -0.39 is 58.5 Å². The summed E-state index contributed by atoms with van der Waals surface area (Å²) >= 11 is 7.12. The fourth-order valence-electron chi connectivity index (χ4n) is 3.50. The average Bonchev–Trinajstić information content (AvgIpc) is 2.84. The van der Waals surface area contributed by atoms with Crippen LogP contribution in [-0.2, 0) is 36.4 Å². The van der Waals surface area contributed by atoms with Crippen molar-refractivity contribution in [1.29, 1.82) is 0 Å². The number of nitrogens with one attached hydrogen (secondary N) is 2. The number of hydrogen-bond acceptors (Lipinski definition) is 7. The molecule has 0 bridgehead atoms. The number of benzene rings is 2. The summed E-state index contributed by atoms with van der Waals surface area (Å²) in [5, 5.41) is 5.30. The second-order valence-corrected chi connectivity index (χ2v) is 12.7. The highest BCUT2D eigenvalue weighted by Crippen LogP contribution is 2.26. The Balaban J connectivity index is 2.03. The molecule has 0 heterocycles. The molecule has 14 heteroatoms. The molecule has 0 saturated heterocycles. The third-order valence-corrected chi connectivity index (χ3v) is 8.13. The molecular weight excluding hydrogens is 593 g/mol. The molecule has 2 aromatic carbocycles. The van der Waals surface area contributed by atoms with Gasteiger partial charge in [-0.15, -0.1) is 11.8 Å². The smallest absolute Gasteiger partial charge is 0.387 e. The van der Waals surface area contributed by atoms with E-state index in [0.717, 1.165) is 36.2 Å². The number of halogens is 4. The third kappa shape index (κ3) is 10.0. The quantitative estimate of drug-likeness (QED) is 0.325. The van der Waals surface area contributed by atoms with Gasteiger partial charge >= 0.3 is 6.61 Å².